The third-order valence-electron chi connectivity index (χ3n) is 3.03. The fourth-order valence-electron chi connectivity index (χ4n) is 1.94. The molecule has 0 aromatic heterocycles. The molecule has 1 N–H and O–H groups in total. The topological polar surface area (TPSA) is 49.4 Å². The lowest BCUT2D eigenvalue weighted by Crippen LogP contribution is -2.31. The predicted octanol–water partition coefficient (Wildman–Crippen LogP) is 1.90. The van der Waals surface area contributed by atoms with Gasteiger partial charge in [0.25, 0.3) is 5.24 Å². The normalized spacial score (nSPS) is 14.7. The van der Waals surface area contributed by atoms with E-state index in [1.54, 1.807) is 4.90 Å². The largest absolute Gasteiger partial charge is 0.356 e. The Bertz CT molecular complexity index is 436. The molecule has 5 heteroatoms. The summed E-state index contributed by atoms with van der Waals surface area (Å²) in [5.41, 5.74) is 1.22. The predicted molar refractivity (Wildman–Crippen MR) is 77.2 cm³/mol. The van der Waals surface area contributed by atoms with Gasteiger partial charge in [0.2, 0.25) is 5.91 Å². The SMILES string of the molecule is O=C(CCN1CCSC1=O)NCCc1ccccc1. The second-order valence-corrected chi connectivity index (χ2v) is 5.48. The minimum atomic E-state index is 0.0145. The maximum Gasteiger partial charge on any atom is 0.281 e. The van der Waals surface area contributed by atoms with Crippen molar-refractivity contribution in [1.82, 2.24) is 10.2 Å². The molecule has 1 aromatic carbocycles. The monoisotopic (exact) mass is 278 g/mol. The van der Waals surface area contributed by atoms with Crippen LogP contribution >= 0.6 is 11.8 Å². The number of thioether (sulfide) groups is 1. The first-order valence-corrected chi connectivity index (χ1v) is 7.46. The first-order valence-electron chi connectivity index (χ1n) is 6.48. The third-order valence-corrected chi connectivity index (χ3v) is 3.92. The number of rotatable bonds is 6. The van der Waals surface area contributed by atoms with Crippen LogP contribution in [0.25, 0.3) is 0 Å². The molecular weight excluding hydrogens is 260 g/mol. The summed E-state index contributed by atoms with van der Waals surface area (Å²) in [4.78, 5) is 24.7. The molecule has 0 aliphatic carbocycles. The summed E-state index contributed by atoms with van der Waals surface area (Å²) in [6, 6.07) is 10.1. The molecule has 1 aliphatic rings. The van der Waals surface area contributed by atoms with Gasteiger partial charge in [0.05, 0.1) is 0 Å². The van der Waals surface area contributed by atoms with Crippen LogP contribution in [-0.4, -0.2) is 41.4 Å². The zero-order valence-electron chi connectivity index (χ0n) is 10.8. The van der Waals surface area contributed by atoms with Crippen molar-refractivity contribution in [2.75, 3.05) is 25.4 Å². The van der Waals surface area contributed by atoms with Gasteiger partial charge in [0.15, 0.2) is 0 Å². The summed E-state index contributed by atoms with van der Waals surface area (Å²) in [7, 11) is 0. The number of carbonyl (C=O) groups is 2. The molecule has 4 nitrogen and oxygen atoms in total. The van der Waals surface area contributed by atoms with Crippen LogP contribution in [0.15, 0.2) is 30.3 Å². The van der Waals surface area contributed by atoms with Crippen LogP contribution in [0.1, 0.15) is 12.0 Å². The summed E-state index contributed by atoms with van der Waals surface area (Å²) in [5.74, 6) is 0.856. The van der Waals surface area contributed by atoms with Gasteiger partial charge >= 0.3 is 0 Å². The minimum absolute atomic E-state index is 0.0145. The van der Waals surface area contributed by atoms with E-state index in [2.05, 4.69) is 5.32 Å². The van der Waals surface area contributed by atoms with Gasteiger partial charge in [-0.25, -0.2) is 0 Å². The van der Waals surface area contributed by atoms with Crippen LogP contribution in [0.4, 0.5) is 4.79 Å². The van der Waals surface area contributed by atoms with Gasteiger partial charge in [-0.1, -0.05) is 42.1 Å². The highest BCUT2D eigenvalue weighted by Gasteiger charge is 2.21. The highest BCUT2D eigenvalue weighted by molar-refractivity contribution is 8.13. The summed E-state index contributed by atoms with van der Waals surface area (Å²) < 4.78 is 0. The zero-order valence-corrected chi connectivity index (χ0v) is 11.6. The molecular formula is C14H18N2O2S. The molecule has 1 aromatic rings. The number of benzene rings is 1. The number of hydrogen-bond acceptors (Lipinski definition) is 3. The highest BCUT2D eigenvalue weighted by atomic mass is 32.2. The Labute approximate surface area is 117 Å². The number of hydrogen-bond donors (Lipinski definition) is 1. The van der Waals surface area contributed by atoms with Gasteiger partial charge < -0.3 is 10.2 Å². The van der Waals surface area contributed by atoms with Crippen molar-refractivity contribution >= 4 is 22.9 Å². The van der Waals surface area contributed by atoms with Crippen LogP contribution in [0, 0.1) is 0 Å². The summed E-state index contributed by atoms with van der Waals surface area (Å²) >= 11 is 1.33. The number of carbonyl (C=O) groups excluding carboxylic acids is 2. The van der Waals surface area contributed by atoms with Crippen LogP contribution in [-0.2, 0) is 11.2 Å². The Morgan fingerprint density at radius 3 is 2.79 bits per heavy atom. The van der Waals surface area contributed by atoms with Crippen molar-refractivity contribution in [3.05, 3.63) is 35.9 Å². The average molecular weight is 278 g/mol. The van der Waals surface area contributed by atoms with Crippen molar-refractivity contribution in [3.8, 4) is 0 Å². The molecule has 2 rings (SSSR count). The zero-order chi connectivity index (χ0) is 13.5. The van der Waals surface area contributed by atoms with Gasteiger partial charge in [0.1, 0.15) is 0 Å². The number of amides is 2. The number of nitrogens with zero attached hydrogens (tertiary/aromatic N) is 1. The van der Waals surface area contributed by atoms with Crippen LogP contribution in [0.3, 0.4) is 0 Å². The summed E-state index contributed by atoms with van der Waals surface area (Å²) in [6.07, 6.45) is 1.23. The van der Waals surface area contributed by atoms with Crippen molar-refractivity contribution in [1.29, 1.82) is 0 Å². The standard InChI is InChI=1S/C14H18N2O2S/c17-13(7-9-16-10-11-19-14(16)18)15-8-6-12-4-2-1-3-5-12/h1-5H,6-11H2,(H,15,17). The maximum atomic E-state index is 11.6. The van der Waals surface area contributed by atoms with E-state index in [4.69, 9.17) is 0 Å². The van der Waals surface area contributed by atoms with Crippen molar-refractivity contribution in [3.63, 3.8) is 0 Å². The van der Waals surface area contributed by atoms with Gasteiger partial charge in [-0.15, -0.1) is 0 Å². The molecule has 2 amide bonds. The molecule has 0 atom stereocenters. The number of nitrogens with one attached hydrogen (secondary N) is 1. The van der Waals surface area contributed by atoms with E-state index in [1.165, 1.54) is 17.3 Å². The second-order valence-electron chi connectivity index (χ2n) is 4.44. The fraction of sp³-hybridized carbons (Fsp3) is 0.429. The Balaban J connectivity index is 1.61. The molecule has 0 radical (unpaired) electrons. The lowest BCUT2D eigenvalue weighted by Gasteiger charge is -2.13. The quantitative estimate of drug-likeness (QED) is 0.864. The lowest BCUT2D eigenvalue weighted by molar-refractivity contribution is -0.121. The average Bonchev–Trinajstić information content (AvgIpc) is 2.83. The van der Waals surface area contributed by atoms with E-state index in [0.29, 0.717) is 19.5 Å². The van der Waals surface area contributed by atoms with Gasteiger partial charge in [0, 0.05) is 31.8 Å². The van der Waals surface area contributed by atoms with Gasteiger partial charge in [-0.2, -0.15) is 0 Å². The molecule has 102 valence electrons. The van der Waals surface area contributed by atoms with E-state index in [0.717, 1.165) is 18.7 Å². The van der Waals surface area contributed by atoms with Crippen molar-refractivity contribution < 1.29 is 9.59 Å². The molecule has 1 heterocycles. The fourth-order valence-corrected chi connectivity index (χ4v) is 2.80. The minimum Gasteiger partial charge on any atom is -0.356 e. The van der Waals surface area contributed by atoms with E-state index >= 15 is 0 Å². The first-order chi connectivity index (χ1) is 9.25. The third kappa shape index (κ3) is 4.59. The van der Waals surface area contributed by atoms with Gasteiger partial charge in [-0.3, -0.25) is 9.59 Å². The Morgan fingerprint density at radius 2 is 2.11 bits per heavy atom. The molecule has 1 fully saturated rings. The van der Waals surface area contributed by atoms with E-state index in [9.17, 15) is 9.59 Å². The smallest absolute Gasteiger partial charge is 0.281 e. The Hall–Kier alpha value is -1.49. The summed E-state index contributed by atoms with van der Waals surface area (Å²) in [5, 5.41) is 2.98. The van der Waals surface area contributed by atoms with Crippen LogP contribution in [0.5, 0.6) is 0 Å². The van der Waals surface area contributed by atoms with Crippen molar-refractivity contribution in [2.45, 2.75) is 12.8 Å². The van der Waals surface area contributed by atoms with Crippen molar-refractivity contribution in [2.24, 2.45) is 0 Å². The van der Waals surface area contributed by atoms with E-state index < -0.39 is 0 Å². The van der Waals surface area contributed by atoms with E-state index in [1.807, 2.05) is 30.3 Å². The van der Waals surface area contributed by atoms with Crippen LogP contribution < -0.4 is 5.32 Å². The van der Waals surface area contributed by atoms with E-state index in [-0.39, 0.29) is 11.1 Å². The second kappa shape index (κ2) is 7.19. The first kappa shape index (κ1) is 13.9. The lowest BCUT2D eigenvalue weighted by atomic mass is 10.1. The molecule has 0 spiro atoms. The Morgan fingerprint density at radius 1 is 1.32 bits per heavy atom. The Kier molecular flexibility index (Phi) is 5.27. The molecule has 19 heavy (non-hydrogen) atoms. The highest BCUT2D eigenvalue weighted by Crippen LogP contribution is 2.16. The van der Waals surface area contributed by atoms with Crippen LogP contribution in [0.2, 0.25) is 0 Å². The molecule has 0 bridgehead atoms. The van der Waals surface area contributed by atoms with Gasteiger partial charge in [-0.05, 0) is 12.0 Å². The molecule has 0 unspecified atom stereocenters. The maximum absolute atomic E-state index is 11.6. The molecule has 1 saturated heterocycles. The molecule has 0 saturated carbocycles. The molecule has 1 aliphatic heterocycles. The summed E-state index contributed by atoms with van der Waals surface area (Å²) in [6.45, 7) is 1.94.